The zero-order valence-electron chi connectivity index (χ0n) is 10.8. The number of Topliss-reactive ketones (excluding diaryl/α,β-unsaturated/α-hetero) is 1. The van der Waals surface area contributed by atoms with Gasteiger partial charge in [-0.3, -0.25) is 4.79 Å². The summed E-state index contributed by atoms with van der Waals surface area (Å²) in [5.74, 6) is 2.91. The van der Waals surface area contributed by atoms with Gasteiger partial charge in [-0.15, -0.1) is 0 Å². The molecule has 1 aromatic carbocycles. The highest BCUT2D eigenvalue weighted by atomic mass is 16.5. The Hall–Kier alpha value is -1.51. The molecular weight excluding hydrogens is 228 g/mol. The van der Waals surface area contributed by atoms with Gasteiger partial charge in [-0.05, 0) is 36.8 Å². The van der Waals surface area contributed by atoms with E-state index in [0.717, 1.165) is 0 Å². The van der Waals surface area contributed by atoms with Gasteiger partial charge < -0.3 is 9.47 Å². The van der Waals surface area contributed by atoms with Gasteiger partial charge in [0, 0.05) is 5.92 Å². The van der Waals surface area contributed by atoms with Crippen LogP contribution in [0.4, 0.5) is 0 Å². The third kappa shape index (κ3) is 1.61. The minimum Gasteiger partial charge on any atom is -0.496 e. The summed E-state index contributed by atoms with van der Waals surface area (Å²) in [5, 5.41) is 0. The molecule has 0 saturated heterocycles. The molecular formula is C15H18O3. The third-order valence-corrected chi connectivity index (χ3v) is 4.38. The van der Waals surface area contributed by atoms with Crippen molar-refractivity contribution in [1.82, 2.24) is 0 Å². The molecule has 96 valence electrons. The molecule has 0 spiro atoms. The van der Waals surface area contributed by atoms with E-state index in [-0.39, 0.29) is 11.7 Å². The zero-order valence-corrected chi connectivity index (χ0v) is 10.8. The molecule has 2 saturated carbocycles. The lowest BCUT2D eigenvalue weighted by atomic mass is 9.99. The number of hydrogen-bond donors (Lipinski definition) is 0. The van der Waals surface area contributed by atoms with Gasteiger partial charge in [0.05, 0.1) is 14.2 Å². The van der Waals surface area contributed by atoms with E-state index in [9.17, 15) is 4.79 Å². The van der Waals surface area contributed by atoms with Gasteiger partial charge in [0.1, 0.15) is 17.1 Å². The summed E-state index contributed by atoms with van der Waals surface area (Å²) in [6, 6.07) is 5.50. The van der Waals surface area contributed by atoms with Crippen LogP contribution in [-0.2, 0) is 0 Å². The number of hydrogen-bond acceptors (Lipinski definition) is 3. The van der Waals surface area contributed by atoms with Gasteiger partial charge in [0.2, 0.25) is 0 Å². The highest BCUT2D eigenvalue weighted by Crippen LogP contribution is 2.59. The van der Waals surface area contributed by atoms with Crippen LogP contribution in [0.5, 0.6) is 11.5 Å². The van der Waals surface area contributed by atoms with Gasteiger partial charge in [-0.2, -0.15) is 0 Å². The predicted molar refractivity (Wildman–Crippen MR) is 68.2 cm³/mol. The third-order valence-electron chi connectivity index (χ3n) is 4.38. The quantitative estimate of drug-likeness (QED) is 0.766. The summed E-state index contributed by atoms with van der Waals surface area (Å²) >= 11 is 0. The van der Waals surface area contributed by atoms with Crippen molar-refractivity contribution in [3.8, 4) is 11.5 Å². The van der Waals surface area contributed by atoms with Crippen LogP contribution in [0.15, 0.2) is 18.2 Å². The van der Waals surface area contributed by atoms with Gasteiger partial charge in [-0.1, -0.05) is 12.5 Å². The molecule has 3 nitrogen and oxygen atoms in total. The lowest BCUT2D eigenvalue weighted by Gasteiger charge is -2.12. The molecule has 0 amide bonds. The molecule has 0 bridgehead atoms. The molecule has 3 heteroatoms. The van der Waals surface area contributed by atoms with Crippen LogP contribution in [-0.4, -0.2) is 20.0 Å². The fourth-order valence-corrected chi connectivity index (χ4v) is 3.47. The monoisotopic (exact) mass is 246 g/mol. The molecule has 2 fully saturated rings. The molecule has 1 aromatic rings. The highest BCUT2D eigenvalue weighted by molar-refractivity contribution is 6.04. The summed E-state index contributed by atoms with van der Waals surface area (Å²) in [7, 11) is 3.19. The Kier molecular flexibility index (Phi) is 2.77. The standard InChI is InChI=1S/C15H18O3/c1-17-11-7-4-8-12(18-2)14(11)15(16)13-9-5-3-6-10(9)13/h4,7-10,13H,3,5-6H2,1-2H3. The molecule has 3 rings (SSSR count). The van der Waals surface area contributed by atoms with Gasteiger partial charge in [-0.25, -0.2) is 0 Å². The maximum atomic E-state index is 12.6. The molecule has 2 unspecified atom stereocenters. The first-order chi connectivity index (χ1) is 8.77. The van der Waals surface area contributed by atoms with Crippen molar-refractivity contribution in [2.24, 2.45) is 17.8 Å². The van der Waals surface area contributed by atoms with Gasteiger partial charge in [0.25, 0.3) is 0 Å². The number of ketones is 1. The van der Waals surface area contributed by atoms with Crippen molar-refractivity contribution in [3.63, 3.8) is 0 Å². The second kappa shape index (κ2) is 4.30. The first-order valence-electron chi connectivity index (χ1n) is 6.53. The Morgan fingerprint density at radius 2 is 1.67 bits per heavy atom. The maximum Gasteiger partial charge on any atom is 0.173 e. The van der Waals surface area contributed by atoms with Crippen LogP contribution in [0.1, 0.15) is 29.6 Å². The van der Waals surface area contributed by atoms with E-state index < -0.39 is 0 Å². The van der Waals surface area contributed by atoms with Gasteiger partial charge >= 0.3 is 0 Å². The number of methoxy groups -OCH3 is 2. The number of carbonyl (C=O) groups excluding carboxylic acids is 1. The average Bonchev–Trinajstić information content (AvgIpc) is 2.89. The van der Waals surface area contributed by atoms with Crippen molar-refractivity contribution in [2.45, 2.75) is 19.3 Å². The van der Waals surface area contributed by atoms with Crippen molar-refractivity contribution >= 4 is 5.78 Å². The number of carbonyl (C=O) groups is 1. The summed E-state index contributed by atoms with van der Waals surface area (Å²) in [4.78, 5) is 12.6. The second-order valence-corrected chi connectivity index (χ2v) is 5.19. The molecule has 18 heavy (non-hydrogen) atoms. The summed E-state index contributed by atoms with van der Waals surface area (Å²) in [6.45, 7) is 0. The van der Waals surface area contributed by atoms with Crippen LogP contribution in [0.25, 0.3) is 0 Å². The van der Waals surface area contributed by atoms with E-state index in [4.69, 9.17) is 9.47 Å². The minimum atomic E-state index is 0.207. The SMILES string of the molecule is COc1cccc(OC)c1C(=O)C1C2CCCC21. The maximum absolute atomic E-state index is 12.6. The van der Waals surface area contributed by atoms with E-state index in [2.05, 4.69) is 0 Å². The molecule has 0 aliphatic heterocycles. The first kappa shape index (κ1) is 11.6. The first-order valence-corrected chi connectivity index (χ1v) is 6.53. The van der Waals surface area contributed by atoms with Crippen LogP contribution >= 0.6 is 0 Å². The molecule has 0 radical (unpaired) electrons. The lowest BCUT2D eigenvalue weighted by Crippen LogP contribution is -2.10. The second-order valence-electron chi connectivity index (χ2n) is 5.19. The zero-order chi connectivity index (χ0) is 12.7. The topological polar surface area (TPSA) is 35.5 Å². The van der Waals surface area contributed by atoms with Crippen molar-refractivity contribution < 1.29 is 14.3 Å². The summed E-state index contributed by atoms with van der Waals surface area (Å²) in [5.41, 5.74) is 0.627. The van der Waals surface area contributed by atoms with Crippen LogP contribution in [0.2, 0.25) is 0 Å². The molecule has 2 aliphatic carbocycles. The van der Waals surface area contributed by atoms with E-state index in [1.165, 1.54) is 19.3 Å². The number of rotatable bonds is 4. The van der Waals surface area contributed by atoms with E-state index in [1.807, 2.05) is 18.2 Å². The Bertz CT molecular complexity index is 448. The minimum absolute atomic E-state index is 0.207. The largest absolute Gasteiger partial charge is 0.496 e. The Balaban J connectivity index is 1.93. The predicted octanol–water partition coefficient (Wildman–Crippen LogP) is 2.93. The normalized spacial score (nSPS) is 28.7. The number of fused-ring (bicyclic) bond motifs is 1. The van der Waals surface area contributed by atoms with Crippen LogP contribution in [0, 0.1) is 17.8 Å². The number of ether oxygens (including phenoxy) is 2. The van der Waals surface area contributed by atoms with Crippen LogP contribution in [0.3, 0.4) is 0 Å². The van der Waals surface area contributed by atoms with E-state index in [0.29, 0.717) is 28.9 Å². The smallest absolute Gasteiger partial charge is 0.173 e. The lowest BCUT2D eigenvalue weighted by molar-refractivity contribution is 0.0945. The average molecular weight is 246 g/mol. The van der Waals surface area contributed by atoms with Crippen molar-refractivity contribution in [2.75, 3.05) is 14.2 Å². The summed E-state index contributed by atoms with van der Waals surface area (Å²) < 4.78 is 10.6. The molecule has 2 aliphatic rings. The van der Waals surface area contributed by atoms with Crippen molar-refractivity contribution in [1.29, 1.82) is 0 Å². The van der Waals surface area contributed by atoms with Crippen molar-refractivity contribution in [3.05, 3.63) is 23.8 Å². The van der Waals surface area contributed by atoms with Gasteiger partial charge in [0.15, 0.2) is 5.78 Å². The molecule has 0 aromatic heterocycles. The fraction of sp³-hybridized carbons (Fsp3) is 0.533. The Labute approximate surface area is 107 Å². The highest BCUT2D eigenvalue weighted by Gasteiger charge is 2.57. The number of benzene rings is 1. The molecule has 0 N–H and O–H groups in total. The Morgan fingerprint density at radius 3 is 2.17 bits per heavy atom. The van der Waals surface area contributed by atoms with Crippen LogP contribution < -0.4 is 9.47 Å². The Morgan fingerprint density at radius 1 is 1.11 bits per heavy atom. The molecule has 2 atom stereocenters. The summed E-state index contributed by atoms with van der Waals surface area (Å²) in [6.07, 6.45) is 3.69. The molecule has 0 heterocycles. The van der Waals surface area contributed by atoms with E-state index >= 15 is 0 Å². The van der Waals surface area contributed by atoms with E-state index in [1.54, 1.807) is 14.2 Å². The fourth-order valence-electron chi connectivity index (χ4n) is 3.47.